The smallest absolute Gasteiger partial charge is 0.231 e. The van der Waals surface area contributed by atoms with Gasteiger partial charge in [0, 0.05) is 30.1 Å². The summed E-state index contributed by atoms with van der Waals surface area (Å²) >= 11 is 5.94. The summed E-state index contributed by atoms with van der Waals surface area (Å²) in [5, 5.41) is 7.95. The fourth-order valence-corrected chi connectivity index (χ4v) is 3.44. The number of carbonyl (C=O) groups is 2. The Balaban J connectivity index is 1.50. The number of benzene rings is 1. The van der Waals surface area contributed by atoms with Crippen LogP contribution in [0.1, 0.15) is 6.42 Å². The van der Waals surface area contributed by atoms with Gasteiger partial charge in [0.15, 0.2) is 0 Å². The zero-order valence-corrected chi connectivity index (χ0v) is 14.9. The highest BCUT2D eigenvalue weighted by Crippen LogP contribution is 2.32. The van der Waals surface area contributed by atoms with Crippen LogP contribution in [0, 0.1) is 5.92 Å². The number of nitrogens with one attached hydrogen (secondary N) is 1. The van der Waals surface area contributed by atoms with Crippen LogP contribution in [0.5, 0.6) is 0 Å². The van der Waals surface area contributed by atoms with E-state index >= 15 is 0 Å². The average Bonchev–Trinajstić information content (AvgIpc) is 3.06. The molecule has 0 aliphatic carbocycles. The summed E-state index contributed by atoms with van der Waals surface area (Å²) in [5.41, 5.74) is 1.77. The van der Waals surface area contributed by atoms with Crippen molar-refractivity contribution in [3.05, 3.63) is 35.5 Å². The molecule has 1 saturated heterocycles. The van der Waals surface area contributed by atoms with Gasteiger partial charge in [-0.25, -0.2) is 4.68 Å². The van der Waals surface area contributed by atoms with Crippen molar-refractivity contribution < 1.29 is 14.3 Å². The first-order valence-electron chi connectivity index (χ1n) is 8.60. The van der Waals surface area contributed by atoms with Gasteiger partial charge in [-0.05, 0) is 17.7 Å². The molecule has 1 aromatic carbocycles. The van der Waals surface area contributed by atoms with Crippen LogP contribution in [0.4, 0.5) is 5.82 Å². The van der Waals surface area contributed by atoms with E-state index in [-0.39, 0.29) is 18.2 Å². The number of rotatable bonds is 3. The molecular weight excluding hydrogens is 356 g/mol. The second-order valence-corrected chi connectivity index (χ2v) is 6.92. The molecule has 2 aliphatic rings. The van der Waals surface area contributed by atoms with Crippen LogP contribution >= 0.6 is 11.6 Å². The summed E-state index contributed by atoms with van der Waals surface area (Å²) in [4.78, 5) is 26.7. The van der Waals surface area contributed by atoms with Crippen LogP contribution in [-0.2, 0) is 20.9 Å². The second kappa shape index (κ2) is 7.09. The van der Waals surface area contributed by atoms with Crippen LogP contribution in [0.3, 0.4) is 0 Å². The summed E-state index contributed by atoms with van der Waals surface area (Å²) in [5.74, 6) is 0.0833. The third-order valence-electron chi connectivity index (χ3n) is 4.79. The number of anilines is 1. The molecule has 3 heterocycles. The van der Waals surface area contributed by atoms with Crippen LogP contribution in [0.15, 0.2) is 30.5 Å². The van der Waals surface area contributed by atoms with Gasteiger partial charge in [-0.1, -0.05) is 23.7 Å². The number of hydrogen-bond acceptors (Lipinski definition) is 4. The zero-order valence-electron chi connectivity index (χ0n) is 14.2. The van der Waals surface area contributed by atoms with Gasteiger partial charge in [-0.2, -0.15) is 5.10 Å². The summed E-state index contributed by atoms with van der Waals surface area (Å²) in [6.45, 7) is 2.67. The normalized spacial score (nSPS) is 19.8. The quantitative estimate of drug-likeness (QED) is 0.891. The molecule has 7 nitrogen and oxygen atoms in total. The fourth-order valence-electron chi connectivity index (χ4n) is 3.32. The number of hydrogen-bond donors (Lipinski definition) is 1. The maximum Gasteiger partial charge on any atom is 0.231 e. The van der Waals surface area contributed by atoms with Crippen molar-refractivity contribution in [1.82, 2.24) is 14.7 Å². The van der Waals surface area contributed by atoms with Gasteiger partial charge in [0.25, 0.3) is 0 Å². The predicted molar refractivity (Wildman–Crippen MR) is 96.8 cm³/mol. The summed E-state index contributed by atoms with van der Waals surface area (Å²) < 4.78 is 7.02. The Labute approximate surface area is 155 Å². The van der Waals surface area contributed by atoms with Crippen LogP contribution in [-0.4, -0.2) is 52.8 Å². The standard InChI is InChI=1S/C18H19ClN4O3/c19-14-3-1-12(2-4-14)15-10-20-23-11-13(18(25)21-17(15)23)9-16(24)22-5-7-26-8-6-22/h1-4,10,13H,5-9,11H2,(H,21,25)/t13-/m1/s1. The lowest BCUT2D eigenvalue weighted by Gasteiger charge is -2.29. The van der Waals surface area contributed by atoms with E-state index in [1.54, 1.807) is 27.9 Å². The van der Waals surface area contributed by atoms with Crippen molar-refractivity contribution in [2.45, 2.75) is 13.0 Å². The Hall–Kier alpha value is -2.38. The van der Waals surface area contributed by atoms with Gasteiger partial charge < -0.3 is 15.0 Å². The number of nitrogens with zero attached hydrogens (tertiary/aromatic N) is 3. The van der Waals surface area contributed by atoms with Gasteiger partial charge in [0.2, 0.25) is 11.8 Å². The number of fused-ring (bicyclic) bond motifs is 1. The van der Waals surface area contributed by atoms with Crippen molar-refractivity contribution in [3.63, 3.8) is 0 Å². The van der Waals surface area contributed by atoms with Crippen molar-refractivity contribution >= 4 is 29.2 Å². The van der Waals surface area contributed by atoms with Crippen LogP contribution in [0.2, 0.25) is 5.02 Å². The summed E-state index contributed by atoms with van der Waals surface area (Å²) in [7, 11) is 0. The largest absolute Gasteiger partial charge is 0.378 e. The minimum Gasteiger partial charge on any atom is -0.378 e. The Kier molecular flexibility index (Phi) is 4.65. The molecule has 0 radical (unpaired) electrons. The van der Waals surface area contributed by atoms with Gasteiger partial charge in [0.1, 0.15) is 5.82 Å². The van der Waals surface area contributed by atoms with Crippen molar-refractivity contribution in [3.8, 4) is 11.1 Å². The monoisotopic (exact) mass is 374 g/mol. The minimum atomic E-state index is -0.421. The molecule has 2 amide bonds. The minimum absolute atomic E-state index is 0.0121. The Bertz CT molecular complexity index is 827. The summed E-state index contributed by atoms with van der Waals surface area (Å²) in [6.07, 6.45) is 1.91. The van der Waals surface area contributed by atoms with E-state index in [1.165, 1.54) is 0 Å². The molecule has 1 fully saturated rings. The highest BCUT2D eigenvalue weighted by Gasteiger charge is 2.32. The first-order valence-corrected chi connectivity index (χ1v) is 8.98. The number of ether oxygens (including phenoxy) is 1. The number of halogens is 1. The maximum absolute atomic E-state index is 12.5. The van der Waals surface area contributed by atoms with E-state index in [4.69, 9.17) is 16.3 Å². The highest BCUT2D eigenvalue weighted by atomic mass is 35.5. The van der Waals surface area contributed by atoms with Crippen molar-refractivity contribution in [2.24, 2.45) is 5.92 Å². The lowest BCUT2D eigenvalue weighted by atomic mass is 10.0. The summed E-state index contributed by atoms with van der Waals surface area (Å²) in [6, 6.07) is 7.38. The molecule has 2 aliphatic heterocycles. The van der Waals surface area contributed by atoms with E-state index in [1.807, 2.05) is 12.1 Å². The molecule has 26 heavy (non-hydrogen) atoms. The molecule has 136 valence electrons. The Morgan fingerprint density at radius 3 is 2.73 bits per heavy atom. The maximum atomic E-state index is 12.5. The third kappa shape index (κ3) is 3.32. The first kappa shape index (κ1) is 17.1. The number of aromatic nitrogens is 2. The Morgan fingerprint density at radius 2 is 2.00 bits per heavy atom. The SMILES string of the molecule is O=C1Nc2c(-c3ccc(Cl)cc3)cnn2C[C@H]1CC(=O)N1CCOCC1. The molecule has 8 heteroatoms. The highest BCUT2D eigenvalue weighted by molar-refractivity contribution is 6.30. The third-order valence-corrected chi connectivity index (χ3v) is 5.04. The molecule has 4 rings (SSSR count). The second-order valence-electron chi connectivity index (χ2n) is 6.48. The van der Waals surface area contributed by atoms with Crippen LogP contribution < -0.4 is 5.32 Å². The lowest BCUT2D eigenvalue weighted by Crippen LogP contribution is -2.43. The van der Waals surface area contributed by atoms with Gasteiger partial charge in [-0.15, -0.1) is 0 Å². The number of amides is 2. The number of morpholine rings is 1. The average molecular weight is 375 g/mol. The topological polar surface area (TPSA) is 76.5 Å². The van der Waals surface area contributed by atoms with E-state index in [0.29, 0.717) is 43.7 Å². The molecule has 0 spiro atoms. The van der Waals surface area contributed by atoms with Crippen molar-refractivity contribution in [2.75, 3.05) is 31.6 Å². The Morgan fingerprint density at radius 1 is 1.27 bits per heavy atom. The van der Waals surface area contributed by atoms with Crippen LogP contribution in [0.25, 0.3) is 11.1 Å². The molecule has 1 aromatic heterocycles. The molecule has 0 bridgehead atoms. The van der Waals surface area contributed by atoms with Gasteiger partial charge in [0.05, 0.1) is 31.9 Å². The van der Waals surface area contributed by atoms with E-state index in [2.05, 4.69) is 10.4 Å². The van der Waals surface area contributed by atoms with E-state index in [9.17, 15) is 9.59 Å². The predicted octanol–water partition coefficient (Wildman–Crippen LogP) is 2.02. The first-order chi connectivity index (χ1) is 12.6. The molecule has 0 saturated carbocycles. The van der Waals surface area contributed by atoms with Gasteiger partial charge >= 0.3 is 0 Å². The van der Waals surface area contributed by atoms with Crippen molar-refractivity contribution in [1.29, 1.82) is 0 Å². The zero-order chi connectivity index (χ0) is 18.1. The molecule has 1 N–H and O–H groups in total. The molecule has 1 atom stereocenters. The molecular formula is C18H19ClN4O3. The lowest BCUT2D eigenvalue weighted by molar-refractivity contribution is -0.138. The van der Waals surface area contributed by atoms with Gasteiger partial charge in [-0.3, -0.25) is 9.59 Å². The molecule has 2 aromatic rings. The van der Waals surface area contributed by atoms with E-state index in [0.717, 1.165) is 11.1 Å². The van der Waals surface area contributed by atoms with E-state index < -0.39 is 5.92 Å². The molecule has 0 unspecified atom stereocenters. The fraction of sp³-hybridized carbons (Fsp3) is 0.389. The number of carbonyl (C=O) groups excluding carboxylic acids is 2.